The molecule has 4 atom stereocenters. The van der Waals surface area contributed by atoms with Crippen LogP contribution in [0, 0.1) is 5.82 Å². The van der Waals surface area contributed by atoms with Gasteiger partial charge in [-0.3, -0.25) is 19.3 Å². The van der Waals surface area contributed by atoms with Crippen molar-refractivity contribution < 1.29 is 41.5 Å². The van der Waals surface area contributed by atoms with E-state index in [4.69, 9.17) is 4.74 Å². The van der Waals surface area contributed by atoms with Crippen molar-refractivity contribution in [1.29, 1.82) is 0 Å². The van der Waals surface area contributed by atoms with Crippen molar-refractivity contribution in [2.45, 2.75) is 82.5 Å². The number of ketones is 1. The number of amides is 3. The minimum Gasteiger partial charge on any atom is -0.444 e. The van der Waals surface area contributed by atoms with Crippen molar-refractivity contribution in [3.05, 3.63) is 35.6 Å². The molecular weight excluding hydrogens is 524 g/mol. The molecule has 3 saturated heterocycles. The molecular formula is C26H32F4N4O5. The highest BCUT2D eigenvalue weighted by atomic mass is 19.4. The van der Waals surface area contributed by atoms with E-state index in [2.05, 4.69) is 5.32 Å². The van der Waals surface area contributed by atoms with Gasteiger partial charge in [0.25, 0.3) is 5.78 Å². The van der Waals surface area contributed by atoms with E-state index in [9.17, 15) is 36.7 Å². The average molecular weight is 557 g/mol. The van der Waals surface area contributed by atoms with Crippen LogP contribution in [0.5, 0.6) is 0 Å². The number of piperazine rings is 1. The summed E-state index contributed by atoms with van der Waals surface area (Å²) >= 11 is 0. The number of alkyl halides is 3. The monoisotopic (exact) mass is 556 g/mol. The fraction of sp³-hybridized carbons (Fsp3) is 0.615. The fourth-order valence-corrected chi connectivity index (χ4v) is 5.54. The second kappa shape index (κ2) is 10.7. The van der Waals surface area contributed by atoms with E-state index in [0.717, 1.165) is 4.90 Å². The summed E-state index contributed by atoms with van der Waals surface area (Å²) in [5, 5.41) is 2.45. The van der Waals surface area contributed by atoms with E-state index in [-0.39, 0.29) is 44.4 Å². The first-order chi connectivity index (χ1) is 18.1. The SMILES string of the molecule is CC(C)(C)OC(=O)N[C@@H](CN1C[C@@H]2CC1C(=O)N2Cc1cccc(F)c1)C(=O)N1CCCC1C(=O)C(F)(F)F. The fourth-order valence-electron chi connectivity index (χ4n) is 5.54. The Hall–Kier alpha value is -3.22. The number of hydrogen-bond donors (Lipinski definition) is 1. The molecule has 2 bridgehead atoms. The number of ether oxygens (including phenoxy) is 1. The molecule has 4 rings (SSSR count). The molecule has 0 aromatic heterocycles. The van der Waals surface area contributed by atoms with E-state index < -0.39 is 53.5 Å². The van der Waals surface area contributed by atoms with Crippen molar-refractivity contribution in [2.24, 2.45) is 0 Å². The van der Waals surface area contributed by atoms with Gasteiger partial charge in [-0.05, 0) is 57.7 Å². The Balaban J connectivity index is 1.49. The zero-order chi connectivity index (χ0) is 28.7. The molecule has 2 unspecified atom stereocenters. The molecule has 3 aliphatic rings. The highest BCUT2D eigenvalue weighted by Crippen LogP contribution is 2.34. The number of benzene rings is 1. The third kappa shape index (κ3) is 6.51. The third-order valence-electron chi connectivity index (χ3n) is 7.16. The van der Waals surface area contributed by atoms with Crippen LogP contribution < -0.4 is 5.32 Å². The number of nitrogens with one attached hydrogen (secondary N) is 1. The highest BCUT2D eigenvalue weighted by Gasteiger charge is 2.52. The summed E-state index contributed by atoms with van der Waals surface area (Å²) in [7, 11) is 0. The summed E-state index contributed by atoms with van der Waals surface area (Å²) in [6.07, 6.45) is -5.51. The summed E-state index contributed by atoms with van der Waals surface area (Å²) in [5.74, 6) is -3.48. The Morgan fingerprint density at radius 3 is 2.51 bits per heavy atom. The lowest BCUT2D eigenvalue weighted by atomic mass is 10.1. The minimum absolute atomic E-state index is 0.0653. The largest absolute Gasteiger partial charge is 0.452 e. The van der Waals surface area contributed by atoms with Crippen molar-refractivity contribution in [1.82, 2.24) is 20.0 Å². The predicted octanol–water partition coefficient (Wildman–Crippen LogP) is 2.63. The van der Waals surface area contributed by atoms with Crippen molar-refractivity contribution in [3.8, 4) is 0 Å². The Labute approximate surface area is 223 Å². The first kappa shape index (κ1) is 28.8. The molecule has 1 aromatic rings. The first-order valence-corrected chi connectivity index (χ1v) is 12.8. The van der Waals surface area contributed by atoms with E-state index in [0.29, 0.717) is 18.5 Å². The van der Waals surface area contributed by atoms with Gasteiger partial charge in [-0.25, -0.2) is 9.18 Å². The van der Waals surface area contributed by atoms with Crippen molar-refractivity contribution in [2.75, 3.05) is 19.6 Å². The molecule has 3 amide bonds. The molecule has 0 aliphatic carbocycles. The summed E-state index contributed by atoms with van der Waals surface area (Å²) in [6, 6.07) is 2.11. The van der Waals surface area contributed by atoms with Gasteiger partial charge in [-0.1, -0.05) is 12.1 Å². The topological polar surface area (TPSA) is 99.3 Å². The Morgan fingerprint density at radius 1 is 1.18 bits per heavy atom. The van der Waals surface area contributed by atoms with Crippen LogP contribution in [0.2, 0.25) is 0 Å². The van der Waals surface area contributed by atoms with Gasteiger partial charge in [0.15, 0.2) is 0 Å². The second-order valence-electron chi connectivity index (χ2n) is 11.2. The zero-order valence-corrected chi connectivity index (χ0v) is 22.0. The van der Waals surface area contributed by atoms with E-state index in [1.54, 1.807) is 42.7 Å². The van der Waals surface area contributed by atoms with E-state index in [1.165, 1.54) is 12.1 Å². The van der Waals surface area contributed by atoms with Crippen LogP contribution in [0.15, 0.2) is 24.3 Å². The lowest BCUT2D eigenvalue weighted by molar-refractivity contribution is -0.177. The zero-order valence-electron chi connectivity index (χ0n) is 22.0. The van der Waals surface area contributed by atoms with Gasteiger partial charge in [-0.2, -0.15) is 13.2 Å². The molecule has 1 N–H and O–H groups in total. The molecule has 3 heterocycles. The van der Waals surface area contributed by atoms with Gasteiger partial charge in [0.05, 0.1) is 12.1 Å². The number of rotatable bonds is 7. The van der Waals surface area contributed by atoms with Crippen LogP contribution in [0.4, 0.5) is 22.4 Å². The van der Waals surface area contributed by atoms with E-state index >= 15 is 0 Å². The van der Waals surface area contributed by atoms with Crippen LogP contribution in [-0.2, 0) is 25.7 Å². The lowest BCUT2D eigenvalue weighted by Crippen LogP contribution is -2.59. The van der Waals surface area contributed by atoms with Crippen LogP contribution in [0.3, 0.4) is 0 Å². The van der Waals surface area contributed by atoms with Crippen molar-refractivity contribution >= 4 is 23.7 Å². The number of nitrogens with zero attached hydrogens (tertiary/aromatic N) is 3. The maximum atomic E-state index is 13.6. The molecule has 9 nitrogen and oxygen atoms in total. The number of Topliss-reactive ketones (excluding diaryl/α,β-unsaturated/α-hetero) is 1. The molecule has 214 valence electrons. The standard InChI is InChI=1S/C26H32F4N4O5/c1-25(2,3)39-24(38)31-18(22(36)33-9-5-8-19(33)21(35)26(28,29)30)14-32-13-17-11-20(32)23(37)34(17)12-15-6-4-7-16(27)10-15/h4,6-7,10,17-20H,5,8-9,11-14H2,1-3H3,(H,31,38)/t17-,18-,19?,20?/m0/s1. The highest BCUT2D eigenvalue weighted by molar-refractivity contribution is 5.95. The molecule has 3 aliphatic heterocycles. The Morgan fingerprint density at radius 2 is 1.90 bits per heavy atom. The van der Waals surface area contributed by atoms with Crippen molar-refractivity contribution in [3.63, 3.8) is 0 Å². The summed E-state index contributed by atoms with van der Waals surface area (Å²) < 4.78 is 58.4. The molecule has 13 heteroatoms. The van der Waals surface area contributed by atoms with Gasteiger partial charge < -0.3 is 19.9 Å². The number of likely N-dealkylation sites (tertiary alicyclic amines) is 3. The molecule has 1 aromatic carbocycles. The number of fused-ring (bicyclic) bond motifs is 2. The van der Waals surface area contributed by atoms with Gasteiger partial charge >= 0.3 is 12.3 Å². The normalized spacial score (nSPS) is 24.3. The van der Waals surface area contributed by atoms with Gasteiger partial charge in [-0.15, -0.1) is 0 Å². The number of carbonyl (C=O) groups excluding carboxylic acids is 4. The average Bonchev–Trinajstić information content (AvgIpc) is 3.52. The van der Waals surface area contributed by atoms with Gasteiger partial charge in [0, 0.05) is 32.2 Å². The maximum Gasteiger partial charge on any atom is 0.452 e. The number of alkyl carbamates (subject to hydrolysis) is 1. The van der Waals surface area contributed by atoms with Crippen LogP contribution >= 0.6 is 0 Å². The summed E-state index contributed by atoms with van der Waals surface area (Å²) in [4.78, 5) is 55.4. The predicted molar refractivity (Wildman–Crippen MR) is 130 cm³/mol. The Bertz CT molecular complexity index is 1140. The molecule has 0 radical (unpaired) electrons. The van der Waals surface area contributed by atoms with Crippen LogP contribution in [-0.4, -0.2) is 94.0 Å². The van der Waals surface area contributed by atoms with Crippen LogP contribution in [0.1, 0.15) is 45.6 Å². The first-order valence-electron chi connectivity index (χ1n) is 12.8. The second-order valence-corrected chi connectivity index (χ2v) is 11.2. The minimum atomic E-state index is -5.10. The van der Waals surface area contributed by atoms with Gasteiger partial charge in [0.2, 0.25) is 11.8 Å². The quantitative estimate of drug-likeness (QED) is 0.519. The number of carbonyl (C=O) groups is 4. The molecule has 0 saturated carbocycles. The van der Waals surface area contributed by atoms with Crippen LogP contribution in [0.25, 0.3) is 0 Å². The summed E-state index contributed by atoms with van der Waals surface area (Å²) in [5.41, 5.74) is -0.267. The summed E-state index contributed by atoms with van der Waals surface area (Å²) in [6.45, 7) is 5.22. The Kier molecular flexibility index (Phi) is 7.93. The smallest absolute Gasteiger partial charge is 0.444 e. The lowest BCUT2D eigenvalue weighted by Gasteiger charge is -2.37. The van der Waals surface area contributed by atoms with Gasteiger partial charge in [0.1, 0.15) is 17.5 Å². The molecule has 3 fully saturated rings. The van der Waals surface area contributed by atoms with E-state index in [1.807, 2.05) is 0 Å². The number of hydrogen-bond acceptors (Lipinski definition) is 6. The third-order valence-corrected chi connectivity index (χ3v) is 7.16. The maximum absolute atomic E-state index is 13.6. The molecule has 0 spiro atoms. The number of halogens is 4. The molecule has 39 heavy (non-hydrogen) atoms.